The minimum atomic E-state index is -0.796. The highest BCUT2D eigenvalue weighted by Gasteiger charge is 2.30. The van der Waals surface area contributed by atoms with E-state index in [1.165, 1.54) is 6.20 Å². The molecule has 0 saturated heterocycles. The van der Waals surface area contributed by atoms with Gasteiger partial charge in [0.1, 0.15) is 0 Å². The van der Waals surface area contributed by atoms with Gasteiger partial charge in [-0.2, -0.15) is 0 Å². The Bertz CT molecular complexity index is 709. The van der Waals surface area contributed by atoms with Gasteiger partial charge >= 0.3 is 5.97 Å². The SMILES string of the molecule is Cc1noc2ncc(C(=O)N[C@H]3CC[C@@H](C(=O)O)C3)cc12. The average molecular weight is 289 g/mol. The van der Waals surface area contributed by atoms with Gasteiger partial charge < -0.3 is 14.9 Å². The number of aryl methyl sites for hydroxylation is 1. The molecule has 7 nitrogen and oxygen atoms in total. The van der Waals surface area contributed by atoms with Crippen molar-refractivity contribution in [1.29, 1.82) is 0 Å². The highest BCUT2D eigenvalue weighted by atomic mass is 16.5. The van der Waals surface area contributed by atoms with E-state index in [-0.39, 0.29) is 17.9 Å². The van der Waals surface area contributed by atoms with Crippen molar-refractivity contribution in [2.75, 3.05) is 0 Å². The highest BCUT2D eigenvalue weighted by molar-refractivity contribution is 5.97. The number of hydrogen-bond donors (Lipinski definition) is 2. The second-order valence-electron chi connectivity index (χ2n) is 5.36. The van der Waals surface area contributed by atoms with Crippen molar-refractivity contribution in [3.63, 3.8) is 0 Å². The van der Waals surface area contributed by atoms with E-state index >= 15 is 0 Å². The Morgan fingerprint density at radius 1 is 1.43 bits per heavy atom. The predicted molar refractivity (Wildman–Crippen MR) is 72.8 cm³/mol. The number of fused-ring (bicyclic) bond motifs is 1. The fourth-order valence-corrected chi connectivity index (χ4v) is 2.67. The van der Waals surface area contributed by atoms with Crippen molar-refractivity contribution < 1.29 is 19.2 Å². The van der Waals surface area contributed by atoms with Crippen LogP contribution < -0.4 is 5.32 Å². The van der Waals surface area contributed by atoms with Crippen molar-refractivity contribution in [2.24, 2.45) is 5.92 Å². The zero-order chi connectivity index (χ0) is 15.0. The van der Waals surface area contributed by atoms with Crippen LogP contribution in [0.1, 0.15) is 35.3 Å². The third-order valence-corrected chi connectivity index (χ3v) is 3.89. The quantitative estimate of drug-likeness (QED) is 0.887. The molecule has 1 aliphatic carbocycles. The molecule has 2 heterocycles. The second kappa shape index (κ2) is 5.16. The Kier molecular flexibility index (Phi) is 3.32. The number of carbonyl (C=O) groups is 2. The summed E-state index contributed by atoms with van der Waals surface area (Å²) in [5, 5.41) is 16.3. The van der Waals surface area contributed by atoms with Gasteiger partial charge in [0.2, 0.25) is 0 Å². The Morgan fingerprint density at radius 2 is 2.24 bits per heavy atom. The summed E-state index contributed by atoms with van der Waals surface area (Å²) in [4.78, 5) is 27.2. The Hall–Kier alpha value is -2.44. The van der Waals surface area contributed by atoms with Crippen LogP contribution in [0.4, 0.5) is 0 Å². The van der Waals surface area contributed by atoms with Crippen LogP contribution in [0.25, 0.3) is 11.1 Å². The van der Waals surface area contributed by atoms with Crippen molar-refractivity contribution >= 4 is 23.0 Å². The van der Waals surface area contributed by atoms with Crippen LogP contribution in [-0.4, -0.2) is 33.2 Å². The summed E-state index contributed by atoms with van der Waals surface area (Å²) in [6.07, 6.45) is 3.20. The molecule has 7 heteroatoms. The van der Waals surface area contributed by atoms with E-state index in [0.29, 0.717) is 41.6 Å². The first kappa shape index (κ1) is 13.5. The van der Waals surface area contributed by atoms with Crippen LogP contribution in [0.5, 0.6) is 0 Å². The predicted octanol–water partition coefficient (Wildman–Crippen LogP) is 1.51. The molecule has 1 aliphatic rings. The molecule has 2 atom stereocenters. The maximum atomic E-state index is 12.2. The summed E-state index contributed by atoms with van der Waals surface area (Å²) in [6.45, 7) is 1.78. The van der Waals surface area contributed by atoms with E-state index in [4.69, 9.17) is 9.63 Å². The molecule has 2 aromatic heterocycles. The maximum Gasteiger partial charge on any atom is 0.306 e. The number of nitrogens with zero attached hydrogens (tertiary/aromatic N) is 2. The van der Waals surface area contributed by atoms with E-state index in [1.807, 2.05) is 0 Å². The first-order valence-electron chi connectivity index (χ1n) is 6.80. The second-order valence-corrected chi connectivity index (χ2v) is 5.36. The molecule has 3 rings (SSSR count). The monoisotopic (exact) mass is 289 g/mol. The molecule has 1 saturated carbocycles. The van der Waals surface area contributed by atoms with E-state index in [0.717, 1.165) is 0 Å². The molecule has 0 spiro atoms. The van der Waals surface area contributed by atoms with Gasteiger partial charge in [0.15, 0.2) is 0 Å². The molecule has 1 fully saturated rings. The molecule has 110 valence electrons. The number of carboxylic acids is 1. The van der Waals surface area contributed by atoms with Crippen molar-refractivity contribution in [3.8, 4) is 0 Å². The molecule has 2 N–H and O–H groups in total. The van der Waals surface area contributed by atoms with Crippen LogP contribution in [0.3, 0.4) is 0 Å². The van der Waals surface area contributed by atoms with Crippen LogP contribution in [0.15, 0.2) is 16.8 Å². The van der Waals surface area contributed by atoms with E-state index in [9.17, 15) is 9.59 Å². The van der Waals surface area contributed by atoms with Gasteiger partial charge in [0.25, 0.3) is 11.6 Å². The van der Waals surface area contributed by atoms with Gasteiger partial charge in [-0.15, -0.1) is 0 Å². The van der Waals surface area contributed by atoms with Gasteiger partial charge in [-0.1, -0.05) is 5.16 Å². The summed E-state index contributed by atoms with van der Waals surface area (Å²) in [7, 11) is 0. The maximum absolute atomic E-state index is 12.2. The topological polar surface area (TPSA) is 105 Å². The Labute approximate surface area is 120 Å². The molecule has 0 radical (unpaired) electrons. The smallest absolute Gasteiger partial charge is 0.306 e. The Balaban J connectivity index is 1.72. The van der Waals surface area contributed by atoms with Crippen molar-refractivity contribution in [1.82, 2.24) is 15.5 Å². The lowest BCUT2D eigenvalue weighted by molar-refractivity contribution is -0.141. The number of aliphatic carboxylic acids is 1. The summed E-state index contributed by atoms with van der Waals surface area (Å²) in [5.74, 6) is -1.41. The van der Waals surface area contributed by atoms with E-state index in [1.54, 1.807) is 13.0 Å². The van der Waals surface area contributed by atoms with Gasteiger partial charge in [-0.25, -0.2) is 4.98 Å². The fraction of sp³-hybridized carbons (Fsp3) is 0.429. The molecule has 0 bridgehead atoms. The first-order chi connectivity index (χ1) is 10.0. The molecule has 21 heavy (non-hydrogen) atoms. The minimum absolute atomic E-state index is 0.0992. The number of amides is 1. The van der Waals surface area contributed by atoms with Crippen molar-refractivity contribution in [3.05, 3.63) is 23.5 Å². The normalized spacial score (nSPS) is 21.6. The lowest BCUT2D eigenvalue weighted by atomic mass is 10.1. The first-order valence-corrected chi connectivity index (χ1v) is 6.80. The number of carboxylic acid groups (broad SMARTS) is 1. The minimum Gasteiger partial charge on any atom is -0.481 e. The zero-order valence-electron chi connectivity index (χ0n) is 11.5. The number of nitrogens with one attached hydrogen (secondary N) is 1. The summed E-state index contributed by atoms with van der Waals surface area (Å²) in [5.41, 5.74) is 1.50. The third kappa shape index (κ3) is 2.58. The third-order valence-electron chi connectivity index (χ3n) is 3.89. The molecule has 0 aromatic carbocycles. The molecular formula is C14H15N3O4. The summed E-state index contributed by atoms with van der Waals surface area (Å²) < 4.78 is 5.00. The lowest BCUT2D eigenvalue weighted by Gasteiger charge is -2.12. The number of pyridine rings is 1. The highest BCUT2D eigenvalue weighted by Crippen LogP contribution is 2.26. The molecule has 0 unspecified atom stereocenters. The number of rotatable bonds is 3. The largest absolute Gasteiger partial charge is 0.481 e. The van der Waals surface area contributed by atoms with Crippen LogP contribution >= 0.6 is 0 Å². The molecular weight excluding hydrogens is 274 g/mol. The molecule has 1 amide bonds. The molecule has 2 aromatic rings. The van der Waals surface area contributed by atoms with E-state index < -0.39 is 5.97 Å². The van der Waals surface area contributed by atoms with Gasteiger partial charge in [0, 0.05) is 12.2 Å². The van der Waals surface area contributed by atoms with Gasteiger partial charge in [0.05, 0.1) is 22.6 Å². The van der Waals surface area contributed by atoms with Crippen LogP contribution in [0.2, 0.25) is 0 Å². The van der Waals surface area contributed by atoms with E-state index in [2.05, 4.69) is 15.5 Å². The van der Waals surface area contributed by atoms with Crippen LogP contribution in [-0.2, 0) is 4.79 Å². The standard InChI is InChI=1S/C14H15N3O4/c1-7-11-5-9(6-15-13(11)21-17-7)12(18)16-10-3-2-8(4-10)14(19)20/h5-6,8,10H,2-4H2,1H3,(H,16,18)(H,19,20)/t8-,10+/m1/s1. The number of carbonyl (C=O) groups excluding carboxylic acids is 1. The Morgan fingerprint density at radius 3 is 2.95 bits per heavy atom. The number of hydrogen-bond acceptors (Lipinski definition) is 5. The molecule has 0 aliphatic heterocycles. The van der Waals surface area contributed by atoms with Gasteiger partial charge in [-0.3, -0.25) is 9.59 Å². The van der Waals surface area contributed by atoms with Crippen molar-refractivity contribution in [2.45, 2.75) is 32.2 Å². The summed E-state index contributed by atoms with van der Waals surface area (Å²) >= 11 is 0. The van der Waals surface area contributed by atoms with Gasteiger partial charge in [-0.05, 0) is 32.3 Å². The van der Waals surface area contributed by atoms with Crippen LogP contribution in [0, 0.1) is 12.8 Å². The zero-order valence-corrected chi connectivity index (χ0v) is 11.5. The summed E-state index contributed by atoms with van der Waals surface area (Å²) in [6, 6.07) is 1.59. The fourth-order valence-electron chi connectivity index (χ4n) is 2.67. The number of aromatic nitrogens is 2. The average Bonchev–Trinajstić information content (AvgIpc) is 3.06. The lowest BCUT2D eigenvalue weighted by Crippen LogP contribution is -2.33.